The molecule has 0 aliphatic carbocycles. The molecular formula is C16H16F2N2O3. The number of halogens is 2. The van der Waals surface area contributed by atoms with Crippen LogP contribution in [0.1, 0.15) is 29.1 Å². The first-order valence-corrected chi connectivity index (χ1v) is 6.91. The number of aliphatic hydroxyl groups is 1. The molecule has 0 aliphatic rings. The number of carbonyl (C=O) groups excluding carboxylic acids is 1. The molecule has 0 radical (unpaired) electrons. The lowest BCUT2D eigenvalue weighted by Gasteiger charge is -2.21. The van der Waals surface area contributed by atoms with Crippen LogP contribution in [0.5, 0.6) is 0 Å². The molecule has 0 spiro atoms. The zero-order valence-corrected chi connectivity index (χ0v) is 12.6. The first-order valence-electron chi connectivity index (χ1n) is 6.91. The standard InChI is InChI=1S/C16H16F2N2O3/c1-9(15(22)10-6-7-11(17)12(18)8-10)19-16(23)13-4-3-5-14(21)20(13)2/h3-9,15,22H,1-2H3,(H,19,23). The molecule has 1 heterocycles. The Labute approximate surface area is 131 Å². The number of pyridine rings is 1. The van der Waals surface area contributed by atoms with Gasteiger partial charge in [-0.15, -0.1) is 0 Å². The molecule has 0 saturated carbocycles. The van der Waals surface area contributed by atoms with Gasteiger partial charge in [0.2, 0.25) is 0 Å². The second-order valence-corrected chi connectivity index (χ2v) is 5.19. The topological polar surface area (TPSA) is 71.3 Å². The lowest BCUT2D eigenvalue weighted by atomic mass is 10.0. The van der Waals surface area contributed by atoms with Gasteiger partial charge in [-0.05, 0) is 30.7 Å². The van der Waals surface area contributed by atoms with Crippen molar-refractivity contribution in [3.63, 3.8) is 0 Å². The number of benzene rings is 1. The van der Waals surface area contributed by atoms with Crippen molar-refractivity contribution in [2.45, 2.75) is 19.1 Å². The molecule has 0 saturated heterocycles. The number of aliphatic hydroxyl groups excluding tert-OH is 1. The van der Waals surface area contributed by atoms with E-state index in [1.807, 2.05) is 0 Å². The second kappa shape index (κ2) is 6.70. The highest BCUT2D eigenvalue weighted by Gasteiger charge is 2.21. The molecule has 2 atom stereocenters. The summed E-state index contributed by atoms with van der Waals surface area (Å²) in [5.74, 6) is -2.65. The average molecular weight is 322 g/mol. The SMILES string of the molecule is CC(NC(=O)c1cccc(=O)n1C)C(O)c1ccc(F)c(F)c1. The Kier molecular flexibility index (Phi) is 4.90. The summed E-state index contributed by atoms with van der Waals surface area (Å²) >= 11 is 0. The quantitative estimate of drug-likeness (QED) is 0.896. The Morgan fingerprint density at radius 3 is 2.57 bits per heavy atom. The number of amides is 1. The maximum Gasteiger partial charge on any atom is 0.268 e. The van der Waals surface area contributed by atoms with Gasteiger partial charge in [0.25, 0.3) is 11.5 Å². The van der Waals surface area contributed by atoms with Crippen molar-refractivity contribution in [2.75, 3.05) is 0 Å². The van der Waals surface area contributed by atoms with Crippen molar-refractivity contribution in [3.8, 4) is 0 Å². The van der Waals surface area contributed by atoms with Gasteiger partial charge in [0, 0.05) is 13.1 Å². The maximum absolute atomic E-state index is 13.2. The normalized spacial score (nSPS) is 13.4. The Balaban J connectivity index is 2.15. The van der Waals surface area contributed by atoms with E-state index in [1.165, 1.54) is 42.8 Å². The number of hydrogen-bond donors (Lipinski definition) is 2. The van der Waals surface area contributed by atoms with E-state index in [2.05, 4.69) is 5.32 Å². The minimum absolute atomic E-state index is 0.127. The number of hydrogen-bond acceptors (Lipinski definition) is 3. The van der Waals surface area contributed by atoms with Crippen LogP contribution in [0, 0.1) is 11.6 Å². The zero-order valence-electron chi connectivity index (χ0n) is 12.6. The predicted molar refractivity (Wildman–Crippen MR) is 79.9 cm³/mol. The van der Waals surface area contributed by atoms with Gasteiger partial charge in [0.15, 0.2) is 11.6 Å². The fraction of sp³-hybridized carbons (Fsp3) is 0.250. The molecular weight excluding hydrogens is 306 g/mol. The van der Waals surface area contributed by atoms with E-state index in [4.69, 9.17) is 0 Å². The van der Waals surface area contributed by atoms with Crippen LogP contribution in [-0.2, 0) is 7.05 Å². The molecule has 1 aromatic carbocycles. The molecule has 2 N–H and O–H groups in total. The minimum atomic E-state index is -1.23. The lowest BCUT2D eigenvalue weighted by Crippen LogP contribution is -2.39. The lowest BCUT2D eigenvalue weighted by molar-refractivity contribution is 0.0842. The van der Waals surface area contributed by atoms with Crippen molar-refractivity contribution in [1.82, 2.24) is 9.88 Å². The third kappa shape index (κ3) is 3.62. The van der Waals surface area contributed by atoms with E-state index >= 15 is 0 Å². The monoisotopic (exact) mass is 322 g/mol. The van der Waals surface area contributed by atoms with Gasteiger partial charge < -0.3 is 15.0 Å². The van der Waals surface area contributed by atoms with Crippen LogP contribution >= 0.6 is 0 Å². The van der Waals surface area contributed by atoms with Crippen molar-refractivity contribution in [1.29, 1.82) is 0 Å². The van der Waals surface area contributed by atoms with Gasteiger partial charge in [-0.25, -0.2) is 8.78 Å². The fourth-order valence-electron chi connectivity index (χ4n) is 2.14. The Bertz CT molecular complexity index is 789. The van der Waals surface area contributed by atoms with Crippen molar-refractivity contribution in [2.24, 2.45) is 7.05 Å². The van der Waals surface area contributed by atoms with Crippen molar-refractivity contribution < 1.29 is 18.7 Å². The predicted octanol–water partition coefficient (Wildman–Crippen LogP) is 1.52. The van der Waals surface area contributed by atoms with Gasteiger partial charge >= 0.3 is 0 Å². The third-order valence-corrected chi connectivity index (χ3v) is 3.54. The Hall–Kier alpha value is -2.54. The maximum atomic E-state index is 13.2. The first-order chi connectivity index (χ1) is 10.8. The highest BCUT2D eigenvalue weighted by Crippen LogP contribution is 2.19. The van der Waals surface area contributed by atoms with E-state index in [0.717, 1.165) is 12.1 Å². The molecule has 1 amide bonds. The molecule has 122 valence electrons. The van der Waals surface area contributed by atoms with Crippen molar-refractivity contribution >= 4 is 5.91 Å². The molecule has 1 aromatic heterocycles. The molecule has 7 heteroatoms. The van der Waals surface area contributed by atoms with Crippen LogP contribution in [0.25, 0.3) is 0 Å². The summed E-state index contributed by atoms with van der Waals surface area (Å²) in [5.41, 5.74) is -0.0769. The Morgan fingerprint density at radius 2 is 1.91 bits per heavy atom. The number of nitrogens with one attached hydrogen (secondary N) is 1. The summed E-state index contributed by atoms with van der Waals surface area (Å²) in [7, 11) is 1.45. The van der Waals surface area contributed by atoms with Crippen LogP contribution in [-0.4, -0.2) is 21.6 Å². The van der Waals surface area contributed by atoms with Gasteiger partial charge in [0.05, 0.1) is 12.1 Å². The molecule has 0 fully saturated rings. The van der Waals surface area contributed by atoms with Crippen molar-refractivity contribution in [3.05, 3.63) is 69.6 Å². The highest BCUT2D eigenvalue weighted by molar-refractivity contribution is 5.92. The molecule has 0 aliphatic heterocycles. The van der Waals surface area contributed by atoms with Gasteiger partial charge in [-0.3, -0.25) is 9.59 Å². The number of nitrogens with zero attached hydrogens (tertiary/aromatic N) is 1. The van der Waals surface area contributed by atoms with Gasteiger partial charge in [0.1, 0.15) is 5.69 Å². The summed E-state index contributed by atoms with van der Waals surface area (Å²) < 4.78 is 27.3. The van der Waals surface area contributed by atoms with E-state index in [1.54, 1.807) is 0 Å². The number of rotatable bonds is 4. The van der Waals surface area contributed by atoms with E-state index in [9.17, 15) is 23.5 Å². The van der Waals surface area contributed by atoms with Crippen LogP contribution in [0.2, 0.25) is 0 Å². The van der Waals surface area contributed by atoms with Crippen LogP contribution in [0.3, 0.4) is 0 Å². The van der Waals surface area contributed by atoms with E-state index in [-0.39, 0.29) is 16.8 Å². The molecule has 2 rings (SSSR count). The summed E-state index contributed by atoms with van der Waals surface area (Å²) in [6.45, 7) is 1.52. The van der Waals surface area contributed by atoms with E-state index < -0.39 is 29.7 Å². The van der Waals surface area contributed by atoms with Crippen LogP contribution in [0.4, 0.5) is 8.78 Å². The molecule has 23 heavy (non-hydrogen) atoms. The van der Waals surface area contributed by atoms with Crippen LogP contribution in [0.15, 0.2) is 41.2 Å². The summed E-state index contributed by atoms with van der Waals surface area (Å²) in [6, 6.07) is 6.48. The highest BCUT2D eigenvalue weighted by atomic mass is 19.2. The first kappa shape index (κ1) is 16.8. The summed E-state index contributed by atoms with van der Waals surface area (Å²) in [4.78, 5) is 23.7. The van der Waals surface area contributed by atoms with Gasteiger partial charge in [-0.2, -0.15) is 0 Å². The minimum Gasteiger partial charge on any atom is -0.386 e. The van der Waals surface area contributed by atoms with Gasteiger partial charge in [-0.1, -0.05) is 12.1 Å². The summed E-state index contributed by atoms with van der Waals surface area (Å²) in [5, 5.41) is 12.7. The molecule has 2 unspecified atom stereocenters. The average Bonchev–Trinajstić information content (AvgIpc) is 2.51. The zero-order chi connectivity index (χ0) is 17.1. The number of carbonyl (C=O) groups is 1. The fourth-order valence-corrected chi connectivity index (χ4v) is 2.14. The number of aromatic nitrogens is 1. The van der Waals surface area contributed by atoms with Crippen LogP contribution < -0.4 is 10.9 Å². The third-order valence-electron chi connectivity index (χ3n) is 3.54. The Morgan fingerprint density at radius 1 is 1.22 bits per heavy atom. The largest absolute Gasteiger partial charge is 0.386 e. The molecule has 0 bridgehead atoms. The van der Waals surface area contributed by atoms with E-state index in [0.29, 0.717) is 0 Å². The molecule has 2 aromatic rings. The second-order valence-electron chi connectivity index (χ2n) is 5.19. The summed E-state index contributed by atoms with van der Waals surface area (Å²) in [6.07, 6.45) is -1.23. The molecule has 5 nitrogen and oxygen atoms in total. The smallest absolute Gasteiger partial charge is 0.268 e.